The van der Waals surface area contributed by atoms with Gasteiger partial charge >= 0.3 is 18.9 Å². The molecule has 1 nitrogen and oxygen atoms in total. The van der Waals surface area contributed by atoms with Gasteiger partial charge in [0, 0.05) is 11.1 Å². The second kappa shape index (κ2) is 8.38. The summed E-state index contributed by atoms with van der Waals surface area (Å²) in [4.78, 5) is 12.0. The van der Waals surface area contributed by atoms with Gasteiger partial charge in [0.2, 0.25) is 0 Å². The third-order valence-corrected chi connectivity index (χ3v) is 4.92. The summed E-state index contributed by atoms with van der Waals surface area (Å²) in [5.41, 5.74) is 0.0613. The Morgan fingerprint density at radius 1 is 1.17 bits per heavy atom. The predicted molar refractivity (Wildman–Crippen MR) is 77.4 cm³/mol. The average molecular weight is 338 g/mol. The van der Waals surface area contributed by atoms with E-state index < -0.39 is 0 Å². The van der Waals surface area contributed by atoms with Crippen LogP contribution in [0, 0.1) is 5.92 Å². The van der Waals surface area contributed by atoms with Crippen LogP contribution >= 0.6 is 55.0 Å². The molecule has 0 aliphatic carbocycles. The Morgan fingerprint density at radius 2 is 1.61 bits per heavy atom. The van der Waals surface area contributed by atoms with Gasteiger partial charge in [-0.3, -0.25) is 0 Å². The first-order valence-corrected chi connectivity index (χ1v) is 7.48. The van der Waals surface area contributed by atoms with E-state index in [4.69, 9.17) is 46.4 Å². The van der Waals surface area contributed by atoms with E-state index in [2.05, 4.69) is 0 Å². The number of hydrogen-bond donors (Lipinski definition) is 0. The molecule has 0 saturated carbocycles. The number of halogens is 4. The number of hydrogen-bond acceptors (Lipinski definition) is 1. The van der Waals surface area contributed by atoms with Gasteiger partial charge in [0.25, 0.3) is 0 Å². The van der Waals surface area contributed by atoms with Gasteiger partial charge in [0.15, 0.2) is 0 Å². The molecule has 0 saturated heterocycles. The van der Waals surface area contributed by atoms with Crippen LogP contribution in [0.5, 0.6) is 0 Å². The molecule has 0 aliphatic rings. The SMILES string of the molecule is CC(C)C[P-]C(=O)c1c(Cl)c(Cl)cc(Cl)c1Cl.[Li+]. The Morgan fingerprint density at radius 3 is 2.00 bits per heavy atom. The third kappa shape index (κ3) is 4.88. The fourth-order valence-electron chi connectivity index (χ4n) is 1.11. The minimum atomic E-state index is -0.155. The van der Waals surface area contributed by atoms with Gasteiger partial charge in [0.05, 0.1) is 20.1 Å². The van der Waals surface area contributed by atoms with Crippen molar-refractivity contribution in [1.29, 1.82) is 0 Å². The number of carbonyl (C=O) groups is 1. The van der Waals surface area contributed by atoms with Crippen LogP contribution in [0.3, 0.4) is 0 Å². The van der Waals surface area contributed by atoms with Crippen LogP contribution in [0.1, 0.15) is 24.2 Å². The van der Waals surface area contributed by atoms with Gasteiger partial charge in [0.1, 0.15) is 0 Å². The standard InChI is InChI=1S/C11H10Cl4OP.Li/c1-5(2)4-17-11(16)8-9(14)6(12)3-7(13)10(8)15;/h3,5H,4H2,1-2H3;/q-1;+1. The van der Waals surface area contributed by atoms with Crippen LogP contribution in [0.15, 0.2) is 6.07 Å². The maximum Gasteiger partial charge on any atom is 1.00 e. The second-order valence-electron chi connectivity index (χ2n) is 3.88. The maximum atomic E-state index is 12.0. The molecule has 0 aliphatic heterocycles. The summed E-state index contributed by atoms with van der Waals surface area (Å²) < 4.78 is 0. The normalized spacial score (nSPS) is 11.1. The summed E-state index contributed by atoms with van der Waals surface area (Å²) in [6, 6.07) is 1.43. The largest absolute Gasteiger partial charge is 1.00 e. The summed E-state index contributed by atoms with van der Waals surface area (Å²) in [5.74, 6) is 0.424. The molecule has 0 unspecified atom stereocenters. The van der Waals surface area contributed by atoms with Gasteiger partial charge in [-0.05, 0) is 6.07 Å². The van der Waals surface area contributed by atoms with Crippen LogP contribution < -0.4 is 18.9 Å². The van der Waals surface area contributed by atoms with Crippen LogP contribution in [0.25, 0.3) is 0 Å². The average Bonchev–Trinajstić information content (AvgIpc) is 2.24. The zero-order valence-electron chi connectivity index (χ0n) is 10.2. The molecule has 0 spiro atoms. The molecule has 1 aromatic carbocycles. The van der Waals surface area contributed by atoms with Crippen LogP contribution in [-0.4, -0.2) is 11.7 Å². The molecule has 0 fully saturated rings. The van der Waals surface area contributed by atoms with Crippen LogP contribution in [-0.2, 0) is 0 Å². The Hall–Kier alpha value is 1.08. The van der Waals surface area contributed by atoms with Crippen LogP contribution in [0.4, 0.5) is 0 Å². The van der Waals surface area contributed by atoms with E-state index in [9.17, 15) is 4.79 Å². The van der Waals surface area contributed by atoms with Gasteiger partial charge in [-0.25, -0.2) is 0 Å². The molecule has 1 rings (SSSR count). The van der Waals surface area contributed by atoms with Crippen molar-refractivity contribution < 1.29 is 23.7 Å². The van der Waals surface area contributed by atoms with E-state index in [0.717, 1.165) is 6.16 Å². The molecule has 94 valence electrons. The zero-order valence-corrected chi connectivity index (χ0v) is 14.1. The van der Waals surface area contributed by atoms with Crippen molar-refractivity contribution in [3.8, 4) is 0 Å². The summed E-state index contributed by atoms with van der Waals surface area (Å²) in [6.07, 6.45) is 0.746. The zero-order chi connectivity index (χ0) is 13.2. The smallest absolute Gasteiger partial charge is 0.459 e. The Labute approximate surface area is 141 Å². The summed E-state index contributed by atoms with van der Waals surface area (Å²) in [6.45, 7) is 4.07. The second-order valence-corrected chi connectivity index (χ2v) is 6.54. The van der Waals surface area contributed by atoms with Crippen molar-refractivity contribution in [2.24, 2.45) is 5.92 Å². The maximum absolute atomic E-state index is 12.0. The Bertz CT molecular complexity index is 425. The van der Waals surface area contributed by atoms with Gasteiger partial charge in [-0.1, -0.05) is 66.2 Å². The molecule has 0 radical (unpaired) electrons. The van der Waals surface area contributed by atoms with Crippen molar-refractivity contribution in [1.82, 2.24) is 0 Å². The van der Waals surface area contributed by atoms with Gasteiger partial charge in [-0.15, -0.1) is 0 Å². The number of benzene rings is 1. The van der Waals surface area contributed by atoms with Crippen molar-refractivity contribution >= 4 is 60.5 Å². The van der Waals surface area contributed by atoms with Crippen molar-refractivity contribution in [3.63, 3.8) is 0 Å². The first-order valence-electron chi connectivity index (χ1n) is 4.89. The quantitative estimate of drug-likeness (QED) is 0.469. The first-order chi connectivity index (χ1) is 7.84. The molecule has 7 heteroatoms. The molecule has 18 heavy (non-hydrogen) atoms. The molecule has 0 heterocycles. The Balaban J connectivity index is 0.00000289. The number of carbonyl (C=O) groups excluding carboxylic acids is 1. The van der Waals surface area contributed by atoms with E-state index in [-0.39, 0.29) is 50.0 Å². The van der Waals surface area contributed by atoms with Crippen molar-refractivity contribution in [2.75, 3.05) is 6.16 Å². The molecule has 0 amide bonds. The molecular formula is C11H10Cl4LiOP. The van der Waals surface area contributed by atoms with E-state index in [1.807, 2.05) is 13.8 Å². The van der Waals surface area contributed by atoms with Gasteiger partial charge < -0.3 is 13.4 Å². The van der Waals surface area contributed by atoms with E-state index >= 15 is 0 Å². The molecule has 0 aromatic heterocycles. The summed E-state index contributed by atoms with van der Waals surface area (Å²) >= 11 is 23.7. The summed E-state index contributed by atoms with van der Waals surface area (Å²) in [7, 11) is 0.641. The molecule has 0 bridgehead atoms. The van der Waals surface area contributed by atoms with E-state index in [1.54, 1.807) is 0 Å². The summed E-state index contributed by atoms with van der Waals surface area (Å²) in [5, 5.41) is 0.818. The number of rotatable bonds is 4. The fourth-order valence-corrected chi connectivity index (χ4v) is 3.13. The van der Waals surface area contributed by atoms with Crippen LogP contribution in [0.2, 0.25) is 20.1 Å². The monoisotopic (exact) mass is 336 g/mol. The molecule has 0 N–H and O–H groups in total. The van der Waals surface area contributed by atoms with E-state index in [0.29, 0.717) is 14.5 Å². The Kier molecular flexibility index (Phi) is 8.89. The fraction of sp³-hybridized carbons (Fsp3) is 0.364. The minimum Gasteiger partial charge on any atom is -0.459 e. The minimum absolute atomic E-state index is 0. The molecular weight excluding hydrogens is 328 g/mol. The molecule has 1 aromatic rings. The van der Waals surface area contributed by atoms with Gasteiger partial charge in [-0.2, -0.15) is 6.16 Å². The van der Waals surface area contributed by atoms with E-state index in [1.165, 1.54) is 6.07 Å². The van der Waals surface area contributed by atoms with Crippen molar-refractivity contribution in [3.05, 3.63) is 31.7 Å². The predicted octanol–water partition coefficient (Wildman–Crippen LogP) is 3.05. The first kappa shape index (κ1) is 19.1. The molecule has 0 atom stereocenters. The third-order valence-electron chi connectivity index (χ3n) is 1.93. The van der Waals surface area contributed by atoms with Crippen molar-refractivity contribution in [2.45, 2.75) is 13.8 Å². The topological polar surface area (TPSA) is 17.1 Å².